The highest BCUT2D eigenvalue weighted by molar-refractivity contribution is 6.06. The Morgan fingerprint density at radius 3 is 2.83 bits per heavy atom. The maximum atomic E-state index is 13.7. The second kappa shape index (κ2) is 11.9. The molecular weight excluding hydrogens is 514 g/mol. The summed E-state index contributed by atoms with van der Waals surface area (Å²) in [4.78, 5) is 38.5. The number of benzene rings is 2. The minimum atomic E-state index is -0.468. The predicted molar refractivity (Wildman–Crippen MR) is 146 cm³/mol. The van der Waals surface area contributed by atoms with Gasteiger partial charge in [-0.05, 0) is 43.8 Å². The number of amides is 2. The summed E-state index contributed by atoms with van der Waals surface area (Å²) in [7, 11) is 2.00. The van der Waals surface area contributed by atoms with E-state index < -0.39 is 11.9 Å². The molecule has 0 saturated heterocycles. The normalized spacial score (nSPS) is 18.9. The number of carbonyl (C=O) groups excluding carboxylic acids is 2. The Balaban J connectivity index is 1.43. The first-order valence-corrected chi connectivity index (χ1v) is 13.2. The summed E-state index contributed by atoms with van der Waals surface area (Å²) < 4.78 is 17.5. The van der Waals surface area contributed by atoms with Gasteiger partial charge < -0.3 is 29.5 Å². The molecule has 11 nitrogen and oxygen atoms in total. The zero-order valence-electron chi connectivity index (χ0n) is 22.7. The van der Waals surface area contributed by atoms with Crippen molar-refractivity contribution in [1.82, 2.24) is 19.8 Å². The molecule has 40 heavy (non-hydrogen) atoms. The molecule has 2 aliphatic rings. The van der Waals surface area contributed by atoms with Crippen LogP contribution in [0.3, 0.4) is 0 Å². The zero-order chi connectivity index (χ0) is 28.2. The van der Waals surface area contributed by atoms with Gasteiger partial charge in [0.25, 0.3) is 11.8 Å². The van der Waals surface area contributed by atoms with Crippen molar-refractivity contribution >= 4 is 17.5 Å². The number of ether oxygens (including phenoxy) is 3. The summed E-state index contributed by atoms with van der Waals surface area (Å²) in [5.41, 5.74) is 1.87. The average molecular weight is 548 g/mol. The predicted octanol–water partition coefficient (Wildman–Crippen LogP) is 2.81. The molecule has 2 aromatic carbocycles. The molecule has 0 radical (unpaired) electrons. The number of hydrogen-bond donors (Lipinski definition) is 2. The summed E-state index contributed by atoms with van der Waals surface area (Å²) in [6, 6.07) is 10.6. The Bertz CT molecular complexity index is 1370. The largest absolute Gasteiger partial charge is 0.486 e. The number of carbonyl (C=O) groups is 2. The van der Waals surface area contributed by atoms with Crippen molar-refractivity contribution in [2.45, 2.75) is 32.5 Å². The number of fused-ring (bicyclic) bond motifs is 2. The van der Waals surface area contributed by atoms with Crippen LogP contribution in [0.15, 0.2) is 55.0 Å². The summed E-state index contributed by atoms with van der Waals surface area (Å²) in [6.07, 6.45) is 3.95. The Morgan fingerprint density at radius 1 is 1.23 bits per heavy atom. The summed E-state index contributed by atoms with van der Waals surface area (Å²) in [6.45, 7) is 5.46. The summed E-state index contributed by atoms with van der Waals surface area (Å²) in [5.74, 6) is 0.919. The molecule has 3 aromatic rings. The molecule has 0 aliphatic carbocycles. The Labute approximate surface area is 232 Å². The fourth-order valence-corrected chi connectivity index (χ4v) is 4.89. The van der Waals surface area contributed by atoms with E-state index in [4.69, 9.17) is 14.2 Å². The molecule has 0 saturated carbocycles. The van der Waals surface area contributed by atoms with Gasteiger partial charge in [0, 0.05) is 37.9 Å². The second-order valence-corrected chi connectivity index (χ2v) is 10.2. The van der Waals surface area contributed by atoms with Gasteiger partial charge in [-0.3, -0.25) is 19.5 Å². The number of aliphatic hydroxyl groups excluding tert-OH is 1. The number of para-hydroxylation sites is 1. The molecule has 0 spiro atoms. The molecular formula is C29H33N5O6. The Hall–Kier alpha value is -4.22. The number of hydrogen-bond acceptors (Lipinski definition) is 9. The Kier molecular flexibility index (Phi) is 8.13. The zero-order valence-corrected chi connectivity index (χ0v) is 22.7. The highest BCUT2D eigenvalue weighted by Gasteiger charge is 2.34. The van der Waals surface area contributed by atoms with Gasteiger partial charge in [-0.1, -0.05) is 19.1 Å². The van der Waals surface area contributed by atoms with Crippen molar-refractivity contribution in [2.24, 2.45) is 5.92 Å². The third-order valence-corrected chi connectivity index (χ3v) is 7.12. The van der Waals surface area contributed by atoms with Crippen LogP contribution in [0.2, 0.25) is 0 Å². The van der Waals surface area contributed by atoms with Crippen LogP contribution in [-0.2, 0) is 6.54 Å². The van der Waals surface area contributed by atoms with E-state index >= 15 is 0 Å². The van der Waals surface area contributed by atoms with Crippen LogP contribution >= 0.6 is 0 Å². The first-order chi connectivity index (χ1) is 19.3. The number of aliphatic hydroxyl groups is 1. The van der Waals surface area contributed by atoms with Crippen LogP contribution in [0.1, 0.15) is 40.3 Å². The van der Waals surface area contributed by atoms with Crippen LogP contribution < -0.4 is 19.5 Å². The standard InChI is InChI=1S/C29H33N5O6/c1-18-13-34(19(2)16-35)29(37)21-5-4-6-22(32-28(36)23-12-30-9-10-31-23)27(21)40-26(18)15-33(3)14-20-7-8-24-25(11-20)39-17-38-24/h4-12,18-19,26,35H,13-17H2,1-3H3,(H,32,36)/t18-,19-,26-/m0/s1. The molecule has 1 aromatic heterocycles. The molecule has 5 rings (SSSR count). The van der Waals surface area contributed by atoms with Gasteiger partial charge in [0.15, 0.2) is 17.2 Å². The quantitative estimate of drug-likeness (QED) is 0.438. The maximum Gasteiger partial charge on any atom is 0.275 e. The molecule has 3 heterocycles. The molecule has 0 bridgehead atoms. The van der Waals surface area contributed by atoms with Crippen molar-refractivity contribution in [3.05, 3.63) is 71.8 Å². The highest BCUT2D eigenvalue weighted by Crippen LogP contribution is 2.36. The molecule has 0 fully saturated rings. The minimum Gasteiger partial charge on any atom is -0.486 e. The van der Waals surface area contributed by atoms with E-state index in [1.807, 2.05) is 39.1 Å². The van der Waals surface area contributed by atoms with Crippen molar-refractivity contribution in [1.29, 1.82) is 0 Å². The van der Waals surface area contributed by atoms with Crippen LogP contribution in [0.4, 0.5) is 5.69 Å². The molecule has 3 atom stereocenters. The van der Waals surface area contributed by atoms with E-state index in [2.05, 4.69) is 20.2 Å². The third-order valence-electron chi connectivity index (χ3n) is 7.12. The van der Waals surface area contributed by atoms with E-state index in [0.29, 0.717) is 30.9 Å². The molecule has 2 aliphatic heterocycles. The SMILES string of the molecule is C[C@H]1CN([C@@H](C)CO)C(=O)c2cccc(NC(=O)c3cnccn3)c2O[C@H]1CN(C)Cc1ccc2c(c1)OCO2. The summed E-state index contributed by atoms with van der Waals surface area (Å²) >= 11 is 0. The topological polar surface area (TPSA) is 126 Å². The lowest BCUT2D eigenvalue weighted by Crippen LogP contribution is -2.49. The lowest BCUT2D eigenvalue weighted by molar-refractivity contribution is 0.0343. The first kappa shape index (κ1) is 27.4. The number of rotatable bonds is 8. The molecule has 11 heteroatoms. The third kappa shape index (κ3) is 5.85. The van der Waals surface area contributed by atoms with Crippen molar-refractivity contribution in [3.8, 4) is 17.2 Å². The van der Waals surface area contributed by atoms with Gasteiger partial charge in [-0.2, -0.15) is 0 Å². The second-order valence-electron chi connectivity index (χ2n) is 10.2. The Morgan fingerprint density at radius 2 is 2.05 bits per heavy atom. The van der Waals surface area contributed by atoms with E-state index in [9.17, 15) is 14.7 Å². The number of aromatic nitrogens is 2. The lowest BCUT2D eigenvalue weighted by Gasteiger charge is -2.38. The number of anilines is 1. The monoisotopic (exact) mass is 547 g/mol. The first-order valence-electron chi connectivity index (χ1n) is 13.2. The van der Waals surface area contributed by atoms with E-state index in [1.165, 1.54) is 18.6 Å². The van der Waals surface area contributed by atoms with Gasteiger partial charge in [0.2, 0.25) is 6.79 Å². The molecule has 210 valence electrons. The highest BCUT2D eigenvalue weighted by atomic mass is 16.7. The van der Waals surface area contributed by atoms with E-state index in [1.54, 1.807) is 23.1 Å². The number of likely N-dealkylation sites (N-methyl/N-ethyl adjacent to an activating group) is 1. The number of nitrogens with one attached hydrogen (secondary N) is 1. The maximum absolute atomic E-state index is 13.7. The van der Waals surface area contributed by atoms with Crippen molar-refractivity contribution in [3.63, 3.8) is 0 Å². The lowest BCUT2D eigenvalue weighted by atomic mass is 9.98. The fraction of sp³-hybridized carbons (Fsp3) is 0.379. The molecule has 0 unspecified atom stereocenters. The van der Waals surface area contributed by atoms with Crippen LogP contribution in [0.5, 0.6) is 17.2 Å². The van der Waals surface area contributed by atoms with Crippen LogP contribution in [0.25, 0.3) is 0 Å². The summed E-state index contributed by atoms with van der Waals surface area (Å²) in [5, 5.41) is 12.8. The van der Waals surface area contributed by atoms with Crippen LogP contribution in [0, 0.1) is 5.92 Å². The smallest absolute Gasteiger partial charge is 0.275 e. The van der Waals surface area contributed by atoms with Crippen molar-refractivity contribution < 1.29 is 28.9 Å². The van der Waals surface area contributed by atoms with Crippen molar-refractivity contribution in [2.75, 3.05) is 38.9 Å². The minimum absolute atomic E-state index is 0.0888. The van der Waals surface area contributed by atoms with Gasteiger partial charge in [-0.15, -0.1) is 0 Å². The van der Waals surface area contributed by atoms with E-state index in [-0.39, 0.29) is 42.8 Å². The molecule has 2 amide bonds. The van der Waals surface area contributed by atoms with Gasteiger partial charge >= 0.3 is 0 Å². The molecule has 2 N–H and O–H groups in total. The van der Waals surface area contributed by atoms with Gasteiger partial charge in [0.05, 0.1) is 30.1 Å². The average Bonchev–Trinajstić information content (AvgIpc) is 3.43. The van der Waals surface area contributed by atoms with Gasteiger partial charge in [0.1, 0.15) is 11.8 Å². The number of nitrogens with zero attached hydrogens (tertiary/aromatic N) is 4. The fourth-order valence-electron chi connectivity index (χ4n) is 4.89. The van der Waals surface area contributed by atoms with E-state index in [0.717, 1.165) is 17.1 Å². The van der Waals surface area contributed by atoms with Crippen LogP contribution in [-0.4, -0.2) is 82.4 Å². The van der Waals surface area contributed by atoms with Gasteiger partial charge in [-0.25, -0.2) is 4.98 Å².